The molecule has 3 aromatic rings. The lowest BCUT2D eigenvalue weighted by Gasteiger charge is -2.52. The monoisotopic (exact) mass is 513 g/mol. The van der Waals surface area contributed by atoms with Gasteiger partial charge in [0, 0.05) is 19.6 Å². The molecule has 3 aliphatic rings. The van der Waals surface area contributed by atoms with Gasteiger partial charge in [-0.25, -0.2) is 4.98 Å². The lowest BCUT2D eigenvalue weighted by Crippen LogP contribution is -2.72. The van der Waals surface area contributed by atoms with E-state index in [1.807, 2.05) is 47.4 Å². The standard InChI is InChI=1S/C31H39N5O2/c1-22(28-32-25-14-8-9-15-26(25)33-28)35-18-16-31(17-19-35)30(38)34-27(20-23-10-4-2-5-11-23)29(37)36(31)21-24-12-6-3-7-13-24/h3,6-9,12-15,22-23,27H,2,4-5,10-11,16-21H2,1H3,(H,32,33)(H,34,38). The zero-order chi connectivity index (χ0) is 26.1. The highest BCUT2D eigenvalue weighted by Gasteiger charge is 2.54. The summed E-state index contributed by atoms with van der Waals surface area (Å²) in [5, 5.41) is 3.22. The molecule has 2 atom stereocenters. The first kappa shape index (κ1) is 25.1. The van der Waals surface area contributed by atoms with Crippen molar-refractivity contribution in [2.24, 2.45) is 5.92 Å². The summed E-state index contributed by atoms with van der Waals surface area (Å²) in [5.74, 6) is 1.60. The largest absolute Gasteiger partial charge is 0.342 e. The van der Waals surface area contributed by atoms with E-state index in [0.29, 0.717) is 25.3 Å². The molecule has 200 valence electrons. The van der Waals surface area contributed by atoms with Crippen LogP contribution in [0.15, 0.2) is 54.6 Å². The molecular weight excluding hydrogens is 474 g/mol. The number of carbonyl (C=O) groups excluding carboxylic acids is 2. The number of likely N-dealkylation sites (tertiary alicyclic amines) is 1. The second kappa shape index (κ2) is 10.5. The molecule has 2 aromatic carbocycles. The van der Waals surface area contributed by atoms with Gasteiger partial charge in [-0.15, -0.1) is 0 Å². The number of imidazole rings is 1. The molecule has 1 aliphatic carbocycles. The number of benzene rings is 2. The van der Waals surface area contributed by atoms with Crippen LogP contribution in [0.2, 0.25) is 0 Å². The number of piperidine rings is 1. The first-order valence-electron chi connectivity index (χ1n) is 14.4. The molecule has 1 saturated carbocycles. The van der Waals surface area contributed by atoms with E-state index in [4.69, 9.17) is 4.98 Å². The van der Waals surface area contributed by atoms with Crippen LogP contribution in [0.3, 0.4) is 0 Å². The van der Waals surface area contributed by atoms with Crippen LogP contribution in [0.4, 0.5) is 0 Å². The molecule has 0 radical (unpaired) electrons. The van der Waals surface area contributed by atoms with Crippen LogP contribution >= 0.6 is 0 Å². The van der Waals surface area contributed by atoms with Gasteiger partial charge >= 0.3 is 0 Å². The zero-order valence-corrected chi connectivity index (χ0v) is 22.4. The van der Waals surface area contributed by atoms with Gasteiger partial charge in [-0.1, -0.05) is 74.6 Å². The van der Waals surface area contributed by atoms with Crippen molar-refractivity contribution < 1.29 is 9.59 Å². The highest BCUT2D eigenvalue weighted by Crippen LogP contribution is 2.38. The Hall–Kier alpha value is -3.19. The molecule has 1 aromatic heterocycles. The molecule has 38 heavy (non-hydrogen) atoms. The van der Waals surface area contributed by atoms with Gasteiger partial charge in [0.2, 0.25) is 11.8 Å². The molecule has 2 aliphatic heterocycles. The molecule has 2 saturated heterocycles. The molecular formula is C31H39N5O2. The van der Waals surface area contributed by atoms with Crippen molar-refractivity contribution in [3.8, 4) is 0 Å². The van der Waals surface area contributed by atoms with Gasteiger partial charge < -0.3 is 15.2 Å². The molecule has 7 heteroatoms. The summed E-state index contributed by atoms with van der Waals surface area (Å²) in [6.45, 7) is 4.12. The molecule has 2 amide bonds. The van der Waals surface area contributed by atoms with Crippen LogP contribution in [0.25, 0.3) is 11.0 Å². The third-order valence-corrected chi connectivity index (χ3v) is 9.26. The van der Waals surface area contributed by atoms with Gasteiger partial charge in [0.1, 0.15) is 17.4 Å². The van der Waals surface area contributed by atoms with Gasteiger partial charge in [-0.2, -0.15) is 0 Å². The molecule has 2 N–H and O–H groups in total. The minimum absolute atomic E-state index is 0.0323. The quantitative estimate of drug-likeness (QED) is 0.488. The Morgan fingerprint density at radius 3 is 2.42 bits per heavy atom. The van der Waals surface area contributed by atoms with Crippen LogP contribution in [0.5, 0.6) is 0 Å². The van der Waals surface area contributed by atoms with Crippen LogP contribution in [0, 0.1) is 5.92 Å². The molecule has 6 rings (SSSR count). The Bertz CT molecular complexity index is 1240. The van der Waals surface area contributed by atoms with E-state index in [2.05, 4.69) is 34.3 Å². The number of aromatic nitrogens is 2. The molecule has 3 fully saturated rings. The maximum absolute atomic E-state index is 14.0. The fraction of sp³-hybridized carbons (Fsp3) is 0.516. The number of rotatable bonds is 6. The second-order valence-corrected chi connectivity index (χ2v) is 11.6. The number of nitrogens with zero attached hydrogens (tertiary/aromatic N) is 3. The average molecular weight is 514 g/mol. The predicted molar refractivity (Wildman–Crippen MR) is 148 cm³/mol. The van der Waals surface area contributed by atoms with Gasteiger partial charge in [-0.05, 0) is 49.8 Å². The fourth-order valence-corrected chi connectivity index (χ4v) is 6.91. The Morgan fingerprint density at radius 1 is 0.974 bits per heavy atom. The van der Waals surface area contributed by atoms with Crippen molar-refractivity contribution in [2.45, 2.75) is 82.5 Å². The average Bonchev–Trinajstić information content (AvgIpc) is 3.40. The van der Waals surface area contributed by atoms with Crippen molar-refractivity contribution in [3.63, 3.8) is 0 Å². The summed E-state index contributed by atoms with van der Waals surface area (Å²) in [4.78, 5) is 40.5. The summed E-state index contributed by atoms with van der Waals surface area (Å²) in [6.07, 6.45) is 8.09. The number of carbonyl (C=O) groups is 2. The van der Waals surface area contributed by atoms with Crippen molar-refractivity contribution in [3.05, 3.63) is 66.0 Å². The van der Waals surface area contributed by atoms with Gasteiger partial charge in [0.15, 0.2) is 0 Å². The summed E-state index contributed by atoms with van der Waals surface area (Å²) in [6, 6.07) is 17.9. The maximum Gasteiger partial charge on any atom is 0.246 e. The van der Waals surface area contributed by atoms with Crippen molar-refractivity contribution in [1.29, 1.82) is 0 Å². The zero-order valence-electron chi connectivity index (χ0n) is 22.4. The Labute approximate surface area is 225 Å². The third kappa shape index (κ3) is 4.73. The van der Waals surface area contributed by atoms with E-state index < -0.39 is 11.6 Å². The SMILES string of the molecule is CC(c1nc2ccccc2[nH]1)N1CCC2(CC1)C(=O)NC(CC1CCCCC1)C(=O)N2Cc1ccccc1. The van der Waals surface area contributed by atoms with Gasteiger partial charge in [-0.3, -0.25) is 14.5 Å². The van der Waals surface area contributed by atoms with E-state index in [1.54, 1.807) is 0 Å². The molecule has 2 unspecified atom stereocenters. The number of hydrogen-bond donors (Lipinski definition) is 2. The van der Waals surface area contributed by atoms with Crippen LogP contribution in [-0.2, 0) is 16.1 Å². The number of nitrogens with one attached hydrogen (secondary N) is 2. The van der Waals surface area contributed by atoms with Crippen molar-refractivity contribution >= 4 is 22.8 Å². The van der Waals surface area contributed by atoms with E-state index in [9.17, 15) is 9.59 Å². The van der Waals surface area contributed by atoms with Crippen molar-refractivity contribution in [2.75, 3.05) is 13.1 Å². The minimum Gasteiger partial charge on any atom is -0.342 e. The predicted octanol–water partition coefficient (Wildman–Crippen LogP) is 4.96. The lowest BCUT2D eigenvalue weighted by molar-refractivity contribution is -0.163. The molecule has 0 bridgehead atoms. The van der Waals surface area contributed by atoms with Crippen LogP contribution < -0.4 is 5.32 Å². The highest BCUT2D eigenvalue weighted by molar-refractivity contribution is 6.00. The molecule has 1 spiro atoms. The first-order valence-corrected chi connectivity index (χ1v) is 14.4. The smallest absolute Gasteiger partial charge is 0.246 e. The topological polar surface area (TPSA) is 81.3 Å². The van der Waals surface area contributed by atoms with Gasteiger partial charge in [0.25, 0.3) is 0 Å². The number of amides is 2. The molecule has 3 heterocycles. The number of fused-ring (bicyclic) bond motifs is 1. The number of H-pyrrole nitrogens is 1. The summed E-state index contributed by atoms with van der Waals surface area (Å²) >= 11 is 0. The number of para-hydroxylation sites is 2. The van der Waals surface area contributed by atoms with Crippen LogP contribution in [0.1, 0.15) is 75.7 Å². The summed E-state index contributed by atoms with van der Waals surface area (Å²) < 4.78 is 0. The van der Waals surface area contributed by atoms with E-state index in [-0.39, 0.29) is 17.9 Å². The van der Waals surface area contributed by atoms with E-state index >= 15 is 0 Å². The van der Waals surface area contributed by atoms with Gasteiger partial charge in [0.05, 0.1) is 17.1 Å². The highest BCUT2D eigenvalue weighted by atomic mass is 16.2. The van der Waals surface area contributed by atoms with Crippen molar-refractivity contribution in [1.82, 2.24) is 25.1 Å². The third-order valence-electron chi connectivity index (χ3n) is 9.26. The Kier molecular flexibility index (Phi) is 6.95. The number of hydrogen-bond acceptors (Lipinski definition) is 4. The Balaban J connectivity index is 1.22. The minimum atomic E-state index is -0.805. The fourth-order valence-electron chi connectivity index (χ4n) is 6.91. The summed E-state index contributed by atoms with van der Waals surface area (Å²) in [5.41, 5.74) is 2.28. The maximum atomic E-state index is 14.0. The Morgan fingerprint density at radius 2 is 1.68 bits per heavy atom. The number of piperazine rings is 1. The summed E-state index contributed by atoms with van der Waals surface area (Å²) in [7, 11) is 0. The normalized spacial score (nSPS) is 23.6. The lowest BCUT2D eigenvalue weighted by atomic mass is 9.78. The molecule has 7 nitrogen and oxygen atoms in total. The second-order valence-electron chi connectivity index (χ2n) is 11.6. The van der Waals surface area contributed by atoms with E-state index in [1.165, 1.54) is 19.3 Å². The van der Waals surface area contributed by atoms with E-state index in [0.717, 1.165) is 54.8 Å². The van der Waals surface area contributed by atoms with Crippen LogP contribution in [-0.4, -0.2) is 56.3 Å². The first-order chi connectivity index (χ1) is 18.5. The number of aromatic amines is 1.